The zero-order chi connectivity index (χ0) is 18.2. The van der Waals surface area contributed by atoms with Crippen molar-refractivity contribution in [3.63, 3.8) is 0 Å². The van der Waals surface area contributed by atoms with Crippen LogP contribution in [0.4, 0.5) is 0 Å². The fourth-order valence-electron chi connectivity index (χ4n) is 7.37. The Balaban J connectivity index is 1.12. The minimum Gasteiger partial charge on any atom is -0.426 e. The zero-order valence-electron chi connectivity index (χ0n) is 15.7. The van der Waals surface area contributed by atoms with Gasteiger partial charge in [-0.2, -0.15) is 0 Å². The van der Waals surface area contributed by atoms with Crippen molar-refractivity contribution in [1.29, 1.82) is 0 Å². The van der Waals surface area contributed by atoms with Crippen molar-refractivity contribution >= 4 is 22.6 Å². The van der Waals surface area contributed by atoms with Crippen molar-refractivity contribution in [2.75, 3.05) is 17.3 Å². The van der Waals surface area contributed by atoms with Gasteiger partial charge in [0.1, 0.15) is 17.3 Å². The highest BCUT2D eigenvalue weighted by Gasteiger charge is 2.79. The third-order valence-electron chi connectivity index (χ3n) is 8.61. The highest BCUT2D eigenvalue weighted by molar-refractivity contribution is 7.97. The van der Waals surface area contributed by atoms with Crippen LogP contribution in [0.25, 0.3) is 0 Å². The standard InChI is InChI=1S/C23H27O3S/c24-20(13-27-7-1-2-8-27)15-3-5-19(6-4-15)26-21(25)22-11-17-9-16-10-18(12-22)23(16,17)14-22/h3-6,16-18H,1-2,7-14H2/q+1. The number of ether oxygens (including phenoxy) is 1. The fourth-order valence-corrected chi connectivity index (χ4v) is 9.62. The normalized spacial score (nSPS) is 41.0. The minimum absolute atomic E-state index is 0.00839. The molecule has 2 bridgehead atoms. The van der Waals surface area contributed by atoms with Gasteiger partial charge < -0.3 is 4.74 Å². The van der Waals surface area contributed by atoms with Gasteiger partial charge in [0.25, 0.3) is 0 Å². The molecule has 1 saturated heterocycles. The van der Waals surface area contributed by atoms with Crippen molar-refractivity contribution in [2.24, 2.45) is 28.6 Å². The third kappa shape index (κ3) is 2.22. The van der Waals surface area contributed by atoms with E-state index >= 15 is 0 Å². The molecule has 5 aliphatic rings. The van der Waals surface area contributed by atoms with E-state index in [0.717, 1.165) is 42.6 Å². The van der Waals surface area contributed by atoms with E-state index in [2.05, 4.69) is 0 Å². The summed E-state index contributed by atoms with van der Waals surface area (Å²) in [7, 11) is 0.288. The first-order valence-corrected chi connectivity index (χ1v) is 12.3. The maximum Gasteiger partial charge on any atom is 0.317 e. The number of fused-ring (bicyclic) bond motifs is 1. The van der Waals surface area contributed by atoms with E-state index in [1.165, 1.54) is 37.2 Å². The van der Waals surface area contributed by atoms with Crippen LogP contribution in [0.3, 0.4) is 0 Å². The minimum atomic E-state index is -0.210. The first kappa shape index (κ1) is 16.6. The monoisotopic (exact) mass is 383 g/mol. The fraction of sp³-hybridized carbons (Fsp3) is 0.652. The molecule has 0 aromatic heterocycles. The van der Waals surface area contributed by atoms with Crippen molar-refractivity contribution in [3.8, 4) is 5.75 Å². The van der Waals surface area contributed by atoms with E-state index in [0.29, 0.717) is 16.9 Å². The molecule has 0 amide bonds. The molecule has 3 nitrogen and oxygen atoms in total. The van der Waals surface area contributed by atoms with Crippen LogP contribution in [0.5, 0.6) is 5.75 Å². The number of esters is 1. The van der Waals surface area contributed by atoms with E-state index in [4.69, 9.17) is 4.74 Å². The van der Waals surface area contributed by atoms with Gasteiger partial charge in [-0.05, 0) is 103 Å². The zero-order valence-corrected chi connectivity index (χ0v) is 16.6. The van der Waals surface area contributed by atoms with Crippen LogP contribution >= 0.6 is 0 Å². The molecule has 5 fully saturated rings. The summed E-state index contributed by atoms with van der Waals surface area (Å²) in [4.78, 5) is 25.5. The summed E-state index contributed by atoms with van der Waals surface area (Å²) in [6.45, 7) is 0. The SMILES string of the molecule is O=C(C[S+]1CCCC1)c1ccc(OC(=O)C23CC4CC5CC(C2)C54C3)cc1. The Morgan fingerprint density at radius 3 is 2.26 bits per heavy atom. The summed E-state index contributed by atoms with van der Waals surface area (Å²) >= 11 is 0. The van der Waals surface area contributed by atoms with Crippen LogP contribution in [0.15, 0.2) is 24.3 Å². The van der Waals surface area contributed by atoms with Crippen LogP contribution in [-0.2, 0) is 15.7 Å². The second kappa shape index (κ2) is 5.62. The molecule has 2 unspecified atom stereocenters. The van der Waals surface area contributed by atoms with Crippen LogP contribution in [0.1, 0.15) is 55.3 Å². The lowest BCUT2D eigenvalue weighted by Gasteiger charge is -2.66. The predicted molar refractivity (Wildman–Crippen MR) is 106 cm³/mol. The first-order chi connectivity index (χ1) is 13.1. The molecular formula is C23H27O3S+. The summed E-state index contributed by atoms with van der Waals surface area (Å²) in [6, 6.07) is 7.31. The molecule has 142 valence electrons. The number of carbonyl (C=O) groups excluding carboxylic acids is 2. The topological polar surface area (TPSA) is 43.4 Å². The molecule has 1 aliphatic heterocycles. The summed E-state index contributed by atoms with van der Waals surface area (Å²) in [5.74, 6) is 6.44. The highest BCUT2D eigenvalue weighted by Crippen LogP contribution is 2.84. The van der Waals surface area contributed by atoms with Gasteiger partial charge in [-0.15, -0.1) is 0 Å². The van der Waals surface area contributed by atoms with Gasteiger partial charge in [-0.3, -0.25) is 9.59 Å². The molecule has 2 atom stereocenters. The lowest BCUT2D eigenvalue weighted by Crippen LogP contribution is -2.59. The molecule has 27 heavy (non-hydrogen) atoms. The number of hydrogen-bond donors (Lipinski definition) is 0. The Bertz CT molecular complexity index is 791. The maximum atomic E-state index is 13.0. The lowest BCUT2D eigenvalue weighted by atomic mass is 9.38. The Morgan fingerprint density at radius 1 is 1.00 bits per heavy atom. The predicted octanol–water partition coefficient (Wildman–Crippen LogP) is 4.01. The van der Waals surface area contributed by atoms with Crippen LogP contribution in [0, 0.1) is 28.6 Å². The second-order valence-corrected chi connectivity index (χ2v) is 12.1. The van der Waals surface area contributed by atoms with E-state index in [-0.39, 0.29) is 28.1 Å². The van der Waals surface area contributed by atoms with Crippen molar-refractivity contribution < 1.29 is 14.3 Å². The number of carbonyl (C=O) groups is 2. The molecule has 0 radical (unpaired) electrons. The van der Waals surface area contributed by atoms with Gasteiger partial charge >= 0.3 is 5.97 Å². The second-order valence-electron chi connectivity index (χ2n) is 9.75. The number of rotatable bonds is 5. The van der Waals surface area contributed by atoms with Crippen molar-refractivity contribution in [1.82, 2.24) is 0 Å². The van der Waals surface area contributed by atoms with Gasteiger partial charge in [0.15, 0.2) is 5.75 Å². The average Bonchev–Trinajstić information content (AvgIpc) is 3.32. The van der Waals surface area contributed by atoms with E-state index in [9.17, 15) is 9.59 Å². The van der Waals surface area contributed by atoms with Crippen LogP contribution in [0.2, 0.25) is 0 Å². The van der Waals surface area contributed by atoms with Gasteiger partial charge in [-0.1, -0.05) is 0 Å². The van der Waals surface area contributed by atoms with E-state index in [1.807, 2.05) is 24.3 Å². The van der Waals surface area contributed by atoms with Gasteiger partial charge in [0, 0.05) is 5.56 Å². The molecule has 1 aromatic rings. The molecule has 1 spiro atoms. The van der Waals surface area contributed by atoms with E-state index in [1.54, 1.807) is 0 Å². The van der Waals surface area contributed by atoms with Gasteiger partial charge in [0.05, 0.1) is 5.41 Å². The summed E-state index contributed by atoms with van der Waals surface area (Å²) in [6.07, 6.45) is 8.44. The number of benzene rings is 1. The molecule has 6 rings (SSSR count). The van der Waals surface area contributed by atoms with Crippen molar-refractivity contribution in [2.45, 2.75) is 44.9 Å². The molecule has 1 aromatic carbocycles. The Kier molecular flexibility index (Phi) is 3.47. The van der Waals surface area contributed by atoms with Crippen LogP contribution in [-0.4, -0.2) is 29.0 Å². The summed E-state index contributed by atoms with van der Waals surface area (Å²) < 4.78 is 5.83. The van der Waals surface area contributed by atoms with E-state index < -0.39 is 0 Å². The number of Topliss-reactive ketones (excluding diaryl/α,β-unsaturated/α-hetero) is 1. The Morgan fingerprint density at radius 2 is 1.67 bits per heavy atom. The Labute approximate surface area is 163 Å². The maximum absolute atomic E-state index is 13.0. The lowest BCUT2D eigenvalue weighted by molar-refractivity contribution is -0.179. The Hall–Kier alpha value is -1.29. The molecule has 4 heteroatoms. The molecule has 0 N–H and O–H groups in total. The smallest absolute Gasteiger partial charge is 0.317 e. The van der Waals surface area contributed by atoms with Gasteiger partial charge in [-0.25, -0.2) is 0 Å². The first-order valence-electron chi connectivity index (χ1n) is 10.6. The molecule has 1 heterocycles. The number of ketones is 1. The summed E-state index contributed by atoms with van der Waals surface area (Å²) in [5, 5.41) is 0. The van der Waals surface area contributed by atoms with Crippen LogP contribution < -0.4 is 4.74 Å². The van der Waals surface area contributed by atoms with Crippen molar-refractivity contribution in [3.05, 3.63) is 29.8 Å². The van der Waals surface area contributed by atoms with Gasteiger partial charge in [0.2, 0.25) is 5.78 Å². The summed E-state index contributed by atoms with van der Waals surface area (Å²) in [5.41, 5.74) is 1.08. The third-order valence-corrected chi connectivity index (χ3v) is 11.0. The molecule has 4 saturated carbocycles. The number of hydrogen-bond acceptors (Lipinski definition) is 3. The average molecular weight is 384 g/mol. The molecular weight excluding hydrogens is 356 g/mol. The molecule has 4 aliphatic carbocycles. The largest absolute Gasteiger partial charge is 0.426 e. The highest BCUT2D eigenvalue weighted by atomic mass is 32.2. The quantitative estimate of drug-likeness (QED) is 0.334.